The lowest BCUT2D eigenvalue weighted by Gasteiger charge is -2.07. The van der Waals surface area contributed by atoms with Crippen molar-refractivity contribution in [1.82, 2.24) is 0 Å². The summed E-state index contributed by atoms with van der Waals surface area (Å²) < 4.78 is 5.07. The van der Waals surface area contributed by atoms with E-state index in [1.807, 2.05) is 6.92 Å². The fourth-order valence-electron chi connectivity index (χ4n) is 1.35. The van der Waals surface area contributed by atoms with Gasteiger partial charge in [-0.15, -0.1) is 0 Å². The minimum Gasteiger partial charge on any atom is -0.496 e. The van der Waals surface area contributed by atoms with Gasteiger partial charge in [-0.25, -0.2) is 4.79 Å². The highest BCUT2D eigenvalue weighted by molar-refractivity contribution is 5.89. The number of aliphatic carboxylic acids is 1. The molecule has 1 aromatic carbocycles. The number of hydrogen-bond donors (Lipinski definition) is 1. The van der Waals surface area contributed by atoms with E-state index >= 15 is 0 Å². The van der Waals surface area contributed by atoms with Gasteiger partial charge in [-0.1, -0.05) is 0 Å². The van der Waals surface area contributed by atoms with E-state index in [2.05, 4.69) is 0 Å². The molecule has 0 heterocycles. The molecular formula is C12H12O4. The highest BCUT2D eigenvalue weighted by Crippen LogP contribution is 2.22. The average molecular weight is 220 g/mol. The number of methoxy groups -OCH3 is 1. The van der Waals surface area contributed by atoms with Crippen LogP contribution >= 0.6 is 0 Å². The molecule has 0 radical (unpaired) electrons. The molecule has 84 valence electrons. The molecule has 0 aliphatic carbocycles. The highest BCUT2D eigenvalue weighted by Gasteiger charge is 2.05. The zero-order valence-electron chi connectivity index (χ0n) is 9.06. The van der Waals surface area contributed by atoms with E-state index in [0.717, 1.165) is 11.6 Å². The van der Waals surface area contributed by atoms with Gasteiger partial charge in [0.25, 0.3) is 0 Å². The Bertz CT molecular complexity index is 447. The van der Waals surface area contributed by atoms with E-state index in [1.165, 1.54) is 13.2 Å². The summed E-state index contributed by atoms with van der Waals surface area (Å²) in [6.45, 7) is 1.82. The Morgan fingerprint density at radius 2 is 2.06 bits per heavy atom. The molecule has 0 aliphatic rings. The first-order valence-corrected chi connectivity index (χ1v) is 4.63. The van der Waals surface area contributed by atoms with Crippen LogP contribution in [0, 0.1) is 6.92 Å². The molecule has 0 saturated heterocycles. The van der Waals surface area contributed by atoms with Crippen molar-refractivity contribution in [3.05, 3.63) is 34.9 Å². The smallest absolute Gasteiger partial charge is 0.328 e. The lowest BCUT2D eigenvalue weighted by Crippen LogP contribution is -1.94. The van der Waals surface area contributed by atoms with Crippen molar-refractivity contribution in [2.75, 3.05) is 7.11 Å². The topological polar surface area (TPSA) is 63.6 Å². The van der Waals surface area contributed by atoms with E-state index in [0.29, 0.717) is 23.2 Å². The first kappa shape index (κ1) is 12.0. The number of aryl methyl sites for hydroxylation is 1. The molecule has 0 fully saturated rings. The maximum absolute atomic E-state index is 10.8. The number of benzene rings is 1. The summed E-state index contributed by atoms with van der Waals surface area (Å²) in [6, 6.07) is 3.30. The van der Waals surface area contributed by atoms with Crippen molar-refractivity contribution in [3.8, 4) is 5.75 Å². The number of aldehydes is 1. The molecule has 0 atom stereocenters. The van der Waals surface area contributed by atoms with Crippen LogP contribution in [0.15, 0.2) is 18.2 Å². The summed E-state index contributed by atoms with van der Waals surface area (Å²) >= 11 is 0. The SMILES string of the molecule is COc1cc(C=O)c(/C=C/C(=O)O)cc1C. The van der Waals surface area contributed by atoms with Crippen molar-refractivity contribution >= 4 is 18.3 Å². The van der Waals surface area contributed by atoms with Gasteiger partial charge >= 0.3 is 5.97 Å². The molecule has 0 spiro atoms. The van der Waals surface area contributed by atoms with E-state index in [9.17, 15) is 9.59 Å². The quantitative estimate of drug-likeness (QED) is 0.622. The molecule has 0 unspecified atom stereocenters. The normalized spacial score (nSPS) is 10.4. The summed E-state index contributed by atoms with van der Waals surface area (Å²) in [6.07, 6.45) is 3.05. The Kier molecular flexibility index (Phi) is 3.83. The Hall–Kier alpha value is -2.10. The molecule has 0 aliphatic heterocycles. The van der Waals surface area contributed by atoms with Gasteiger partial charge in [-0.3, -0.25) is 4.79 Å². The van der Waals surface area contributed by atoms with Crippen LogP contribution in [-0.4, -0.2) is 24.5 Å². The number of ether oxygens (including phenoxy) is 1. The number of carboxylic acids is 1. The second kappa shape index (κ2) is 5.11. The predicted octanol–water partition coefficient (Wildman–Crippen LogP) is 1.91. The summed E-state index contributed by atoms with van der Waals surface area (Å²) in [5.41, 5.74) is 1.81. The molecule has 0 saturated carbocycles. The van der Waals surface area contributed by atoms with E-state index in [4.69, 9.17) is 9.84 Å². The minimum atomic E-state index is -1.05. The summed E-state index contributed by atoms with van der Waals surface area (Å²) in [7, 11) is 1.52. The van der Waals surface area contributed by atoms with Gasteiger partial charge in [0.05, 0.1) is 7.11 Å². The van der Waals surface area contributed by atoms with Crippen LogP contribution in [0.4, 0.5) is 0 Å². The highest BCUT2D eigenvalue weighted by atomic mass is 16.5. The average Bonchev–Trinajstić information content (AvgIpc) is 2.26. The Morgan fingerprint density at radius 3 is 2.56 bits per heavy atom. The summed E-state index contributed by atoms with van der Waals surface area (Å²) in [5.74, 6) is -0.445. The molecule has 1 N–H and O–H groups in total. The molecule has 0 amide bonds. The van der Waals surface area contributed by atoms with Crippen LogP contribution in [0.1, 0.15) is 21.5 Å². The third kappa shape index (κ3) is 2.70. The maximum Gasteiger partial charge on any atom is 0.328 e. The predicted molar refractivity (Wildman–Crippen MR) is 59.8 cm³/mol. The number of carboxylic acid groups (broad SMARTS) is 1. The van der Waals surface area contributed by atoms with Gasteiger partial charge in [-0.2, -0.15) is 0 Å². The van der Waals surface area contributed by atoms with Crippen LogP contribution in [-0.2, 0) is 4.79 Å². The molecular weight excluding hydrogens is 208 g/mol. The van der Waals surface area contributed by atoms with E-state index in [1.54, 1.807) is 12.1 Å². The third-order valence-electron chi connectivity index (χ3n) is 2.13. The number of hydrogen-bond acceptors (Lipinski definition) is 3. The molecule has 0 aromatic heterocycles. The van der Waals surface area contributed by atoms with Crippen LogP contribution in [0.25, 0.3) is 6.08 Å². The summed E-state index contributed by atoms with van der Waals surface area (Å²) in [4.78, 5) is 21.2. The zero-order chi connectivity index (χ0) is 12.1. The van der Waals surface area contributed by atoms with Gasteiger partial charge in [-0.05, 0) is 36.3 Å². The minimum absolute atomic E-state index is 0.403. The first-order chi connectivity index (χ1) is 7.58. The second-order valence-electron chi connectivity index (χ2n) is 3.24. The lowest BCUT2D eigenvalue weighted by atomic mass is 10.0. The Labute approximate surface area is 93.2 Å². The zero-order valence-corrected chi connectivity index (χ0v) is 9.06. The van der Waals surface area contributed by atoms with Crippen molar-refractivity contribution in [2.24, 2.45) is 0 Å². The lowest BCUT2D eigenvalue weighted by molar-refractivity contribution is -0.131. The molecule has 1 aromatic rings. The fraction of sp³-hybridized carbons (Fsp3) is 0.167. The van der Waals surface area contributed by atoms with Gasteiger partial charge < -0.3 is 9.84 Å². The van der Waals surface area contributed by atoms with Crippen molar-refractivity contribution in [3.63, 3.8) is 0 Å². The van der Waals surface area contributed by atoms with Crippen LogP contribution in [0.3, 0.4) is 0 Å². The van der Waals surface area contributed by atoms with Crippen LogP contribution < -0.4 is 4.74 Å². The number of carbonyl (C=O) groups is 2. The van der Waals surface area contributed by atoms with Gasteiger partial charge in [0.15, 0.2) is 6.29 Å². The second-order valence-corrected chi connectivity index (χ2v) is 3.24. The van der Waals surface area contributed by atoms with Crippen molar-refractivity contribution < 1.29 is 19.4 Å². The molecule has 0 bridgehead atoms. The number of rotatable bonds is 4. The molecule has 16 heavy (non-hydrogen) atoms. The largest absolute Gasteiger partial charge is 0.496 e. The molecule has 1 rings (SSSR count). The van der Waals surface area contributed by atoms with Gasteiger partial charge in [0.1, 0.15) is 5.75 Å². The standard InChI is InChI=1S/C12H12O4/c1-8-5-9(3-4-12(14)15)10(7-13)6-11(8)16-2/h3-7H,1-2H3,(H,14,15)/b4-3+. The van der Waals surface area contributed by atoms with Crippen LogP contribution in [0.2, 0.25) is 0 Å². The maximum atomic E-state index is 10.8. The van der Waals surface area contributed by atoms with Crippen molar-refractivity contribution in [1.29, 1.82) is 0 Å². The van der Waals surface area contributed by atoms with Gasteiger partial charge in [0.2, 0.25) is 0 Å². The molecule has 4 nitrogen and oxygen atoms in total. The number of carbonyl (C=O) groups excluding carboxylic acids is 1. The summed E-state index contributed by atoms with van der Waals surface area (Å²) in [5, 5.41) is 8.51. The van der Waals surface area contributed by atoms with Crippen LogP contribution in [0.5, 0.6) is 5.75 Å². The van der Waals surface area contributed by atoms with E-state index < -0.39 is 5.97 Å². The first-order valence-electron chi connectivity index (χ1n) is 4.63. The molecule has 4 heteroatoms. The fourth-order valence-corrected chi connectivity index (χ4v) is 1.35. The van der Waals surface area contributed by atoms with E-state index in [-0.39, 0.29) is 0 Å². The Morgan fingerprint density at radius 1 is 1.38 bits per heavy atom. The third-order valence-corrected chi connectivity index (χ3v) is 2.13. The van der Waals surface area contributed by atoms with Gasteiger partial charge in [0, 0.05) is 11.6 Å². The van der Waals surface area contributed by atoms with Crippen molar-refractivity contribution in [2.45, 2.75) is 6.92 Å². The Balaban J connectivity index is 3.23. The monoisotopic (exact) mass is 220 g/mol.